The number of hydrogen-bond donors (Lipinski definition) is 1. The van der Waals surface area contributed by atoms with E-state index in [0.717, 1.165) is 11.3 Å². The van der Waals surface area contributed by atoms with Gasteiger partial charge in [-0.1, -0.05) is 29.8 Å². The van der Waals surface area contributed by atoms with Gasteiger partial charge in [-0.15, -0.1) is 11.3 Å². The second-order valence-corrected chi connectivity index (χ2v) is 7.96. The molecule has 0 saturated heterocycles. The van der Waals surface area contributed by atoms with Crippen molar-refractivity contribution in [2.24, 2.45) is 5.10 Å². The second kappa shape index (κ2) is 7.67. The zero-order chi connectivity index (χ0) is 18.6. The Morgan fingerprint density at radius 3 is 2.54 bits per heavy atom. The summed E-state index contributed by atoms with van der Waals surface area (Å²) in [6.45, 7) is 3.78. The third-order valence-electron chi connectivity index (χ3n) is 3.41. The van der Waals surface area contributed by atoms with Gasteiger partial charge in [0.25, 0.3) is 0 Å². The Labute approximate surface area is 156 Å². The predicted molar refractivity (Wildman–Crippen MR) is 104 cm³/mol. The van der Waals surface area contributed by atoms with Crippen LogP contribution in [0.4, 0.5) is 5.13 Å². The van der Waals surface area contributed by atoms with E-state index in [1.165, 1.54) is 29.7 Å². The van der Waals surface area contributed by atoms with Gasteiger partial charge >= 0.3 is 10.1 Å². The first-order valence-corrected chi connectivity index (χ1v) is 10.0. The fraction of sp³-hybridized carbons (Fsp3) is 0.111. The Kier molecular flexibility index (Phi) is 5.34. The zero-order valence-corrected chi connectivity index (χ0v) is 15.8. The quantitative estimate of drug-likeness (QED) is 0.393. The van der Waals surface area contributed by atoms with Crippen LogP contribution in [0.25, 0.3) is 0 Å². The van der Waals surface area contributed by atoms with Crippen LogP contribution in [-0.2, 0) is 10.1 Å². The van der Waals surface area contributed by atoms with Gasteiger partial charge in [0.1, 0.15) is 4.90 Å². The standard InChI is InChI=1S/C18H17N3O3S2/c1-13-7-9-16(10-8-13)26(22,23)24-17-6-4-3-5-15(17)11-19-21-18-20-14(2)12-25-18/h3-12H,1-2H3,(H,20,21)/b19-11-. The number of rotatable bonds is 6. The summed E-state index contributed by atoms with van der Waals surface area (Å²) in [7, 11) is -3.92. The van der Waals surface area contributed by atoms with E-state index in [-0.39, 0.29) is 10.6 Å². The van der Waals surface area contributed by atoms with Gasteiger partial charge in [0, 0.05) is 10.9 Å². The maximum atomic E-state index is 12.5. The van der Waals surface area contributed by atoms with Crippen molar-refractivity contribution in [1.29, 1.82) is 0 Å². The molecule has 0 unspecified atom stereocenters. The van der Waals surface area contributed by atoms with Crippen LogP contribution in [0, 0.1) is 13.8 Å². The summed E-state index contributed by atoms with van der Waals surface area (Å²) in [5, 5.41) is 6.66. The largest absolute Gasteiger partial charge is 0.378 e. The van der Waals surface area contributed by atoms with Crippen LogP contribution >= 0.6 is 11.3 Å². The van der Waals surface area contributed by atoms with Crippen LogP contribution in [0.15, 0.2) is 63.9 Å². The van der Waals surface area contributed by atoms with Crippen molar-refractivity contribution in [3.63, 3.8) is 0 Å². The molecule has 0 spiro atoms. The number of nitrogens with one attached hydrogen (secondary N) is 1. The topological polar surface area (TPSA) is 80.7 Å². The van der Waals surface area contributed by atoms with E-state index >= 15 is 0 Å². The molecule has 0 aliphatic carbocycles. The highest BCUT2D eigenvalue weighted by atomic mass is 32.2. The summed E-state index contributed by atoms with van der Waals surface area (Å²) in [4.78, 5) is 4.34. The average molecular weight is 387 g/mol. The molecule has 0 aliphatic heterocycles. The third kappa shape index (κ3) is 4.47. The van der Waals surface area contributed by atoms with E-state index in [1.807, 2.05) is 19.2 Å². The van der Waals surface area contributed by atoms with Gasteiger partial charge in [-0.25, -0.2) is 4.98 Å². The fourth-order valence-corrected chi connectivity index (χ4v) is 3.69. The number of benzene rings is 2. The van der Waals surface area contributed by atoms with Gasteiger partial charge in [-0.3, -0.25) is 5.43 Å². The summed E-state index contributed by atoms with van der Waals surface area (Å²) >= 11 is 1.43. The summed E-state index contributed by atoms with van der Waals surface area (Å²) in [5.74, 6) is 0.203. The van der Waals surface area contributed by atoms with Gasteiger partial charge in [0.2, 0.25) is 5.13 Å². The van der Waals surface area contributed by atoms with Crippen molar-refractivity contribution in [2.75, 3.05) is 5.43 Å². The number of para-hydroxylation sites is 1. The summed E-state index contributed by atoms with van der Waals surface area (Å²) < 4.78 is 30.3. The number of hydrazone groups is 1. The molecule has 1 N–H and O–H groups in total. The minimum atomic E-state index is -3.92. The molecule has 0 radical (unpaired) electrons. The molecule has 1 aromatic heterocycles. The summed E-state index contributed by atoms with van der Waals surface area (Å²) in [6, 6.07) is 13.3. The highest BCUT2D eigenvalue weighted by Crippen LogP contribution is 2.22. The van der Waals surface area contributed by atoms with Gasteiger partial charge in [-0.05, 0) is 38.1 Å². The molecular formula is C18H17N3O3S2. The number of nitrogens with zero attached hydrogens (tertiary/aromatic N) is 2. The van der Waals surface area contributed by atoms with Crippen molar-refractivity contribution in [3.05, 3.63) is 70.7 Å². The SMILES string of the molecule is Cc1ccc(S(=O)(=O)Oc2ccccc2/C=N\Nc2nc(C)cs2)cc1. The van der Waals surface area contributed by atoms with Crippen LogP contribution in [-0.4, -0.2) is 19.6 Å². The van der Waals surface area contributed by atoms with E-state index in [2.05, 4.69) is 15.5 Å². The summed E-state index contributed by atoms with van der Waals surface area (Å²) in [6.07, 6.45) is 1.50. The molecule has 0 saturated carbocycles. The Morgan fingerprint density at radius 1 is 1.12 bits per heavy atom. The molecule has 2 aromatic carbocycles. The molecule has 6 nitrogen and oxygen atoms in total. The average Bonchev–Trinajstić information content (AvgIpc) is 3.02. The van der Waals surface area contributed by atoms with Crippen LogP contribution in [0.2, 0.25) is 0 Å². The monoisotopic (exact) mass is 387 g/mol. The number of hydrogen-bond acceptors (Lipinski definition) is 7. The van der Waals surface area contributed by atoms with E-state index in [9.17, 15) is 8.42 Å². The fourth-order valence-electron chi connectivity index (χ4n) is 2.10. The predicted octanol–water partition coefficient (Wildman–Crippen LogP) is 3.97. The lowest BCUT2D eigenvalue weighted by Crippen LogP contribution is -2.11. The van der Waals surface area contributed by atoms with Crippen molar-refractivity contribution in [3.8, 4) is 5.75 Å². The molecule has 134 valence electrons. The normalized spacial score (nSPS) is 11.6. The Balaban J connectivity index is 1.79. The Bertz CT molecular complexity index is 1030. The van der Waals surface area contributed by atoms with E-state index < -0.39 is 10.1 Å². The molecular weight excluding hydrogens is 370 g/mol. The highest BCUT2D eigenvalue weighted by molar-refractivity contribution is 7.87. The van der Waals surface area contributed by atoms with Crippen LogP contribution < -0.4 is 9.61 Å². The third-order valence-corrected chi connectivity index (χ3v) is 5.52. The second-order valence-electron chi connectivity index (χ2n) is 5.55. The Morgan fingerprint density at radius 2 is 1.85 bits per heavy atom. The lowest BCUT2D eigenvalue weighted by Gasteiger charge is -2.09. The molecule has 3 aromatic rings. The van der Waals surface area contributed by atoms with Gasteiger partial charge in [0.05, 0.1) is 11.9 Å². The first-order chi connectivity index (χ1) is 12.4. The van der Waals surface area contributed by atoms with Crippen LogP contribution in [0.1, 0.15) is 16.8 Å². The number of aryl methyl sites for hydroxylation is 2. The lowest BCUT2D eigenvalue weighted by molar-refractivity contribution is 0.485. The molecule has 0 fully saturated rings. The van der Waals surface area contributed by atoms with E-state index in [1.54, 1.807) is 36.4 Å². The molecule has 3 rings (SSSR count). The first-order valence-electron chi connectivity index (χ1n) is 7.75. The molecule has 0 amide bonds. The van der Waals surface area contributed by atoms with Gasteiger partial charge < -0.3 is 4.18 Å². The van der Waals surface area contributed by atoms with Crippen molar-refractivity contribution in [2.45, 2.75) is 18.7 Å². The van der Waals surface area contributed by atoms with Crippen molar-refractivity contribution < 1.29 is 12.6 Å². The number of anilines is 1. The summed E-state index contributed by atoms with van der Waals surface area (Å²) in [5.41, 5.74) is 5.22. The molecule has 0 aliphatic rings. The first kappa shape index (κ1) is 18.1. The molecule has 0 atom stereocenters. The maximum absolute atomic E-state index is 12.5. The zero-order valence-electron chi connectivity index (χ0n) is 14.2. The Hall–Kier alpha value is -2.71. The van der Waals surface area contributed by atoms with Crippen LogP contribution in [0.3, 0.4) is 0 Å². The van der Waals surface area contributed by atoms with Crippen molar-refractivity contribution in [1.82, 2.24) is 4.98 Å². The molecule has 8 heteroatoms. The maximum Gasteiger partial charge on any atom is 0.339 e. The minimum Gasteiger partial charge on any atom is -0.378 e. The van der Waals surface area contributed by atoms with Crippen molar-refractivity contribution >= 4 is 32.8 Å². The molecule has 0 bridgehead atoms. The van der Waals surface area contributed by atoms with E-state index in [4.69, 9.17) is 4.18 Å². The smallest absolute Gasteiger partial charge is 0.339 e. The van der Waals surface area contributed by atoms with Gasteiger partial charge in [0.15, 0.2) is 5.75 Å². The highest BCUT2D eigenvalue weighted by Gasteiger charge is 2.17. The van der Waals surface area contributed by atoms with Crippen LogP contribution in [0.5, 0.6) is 5.75 Å². The number of thiazole rings is 1. The van der Waals surface area contributed by atoms with Gasteiger partial charge in [-0.2, -0.15) is 13.5 Å². The molecule has 1 heterocycles. The number of aromatic nitrogens is 1. The molecule has 26 heavy (non-hydrogen) atoms. The lowest BCUT2D eigenvalue weighted by atomic mass is 10.2. The minimum absolute atomic E-state index is 0.103. The van der Waals surface area contributed by atoms with E-state index in [0.29, 0.717) is 10.7 Å².